The van der Waals surface area contributed by atoms with Crippen molar-refractivity contribution in [3.8, 4) is 5.69 Å². The molecule has 7 nitrogen and oxygen atoms in total. The highest BCUT2D eigenvalue weighted by molar-refractivity contribution is 7.99. The highest BCUT2D eigenvalue weighted by atomic mass is 32.2. The molecule has 1 aromatic heterocycles. The van der Waals surface area contributed by atoms with Gasteiger partial charge in [0, 0.05) is 22.9 Å². The quantitative estimate of drug-likeness (QED) is 0.661. The summed E-state index contributed by atoms with van der Waals surface area (Å²) >= 11 is 1.67. The lowest BCUT2D eigenvalue weighted by atomic mass is 10.2. The number of ether oxygens (including phenoxy) is 1. The summed E-state index contributed by atoms with van der Waals surface area (Å²) in [6.45, 7) is 0.841. The molecule has 0 aliphatic carbocycles. The molecule has 1 amide bonds. The van der Waals surface area contributed by atoms with Crippen LogP contribution in [0.2, 0.25) is 0 Å². The van der Waals surface area contributed by atoms with Gasteiger partial charge >= 0.3 is 0 Å². The highest BCUT2D eigenvalue weighted by Gasteiger charge is 2.18. The maximum Gasteiger partial charge on any atom is 0.256 e. The Balaban J connectivity index is 1.43. The summed E-state index contributed by atoms with van der Waals surface area (Å²) in [5, 5.41) is 14.0. The van der Waals surface area contributed by atoms with Gasteiger partial charge < -0.3 is 10.1 Å². The fourth-order valence-electron chi connectivity index (χ4n) is 2.91. The van der Waals surface area contributed by atoms with Crippen molar-refractivity contribution < 1.29 is 9.53 Å². The van der Waals surface area contributed by atoms with E-state index in [1.165, 1.54) is 6.33 Å². The molecule has 2 heterocycles. The standard InChI is InChI=1S/C19H19N5O2S/c25-19(21-14-7-9-15(10-8-14)24-13-20-22-23-24)17-5-1-2-6-18(17)27-12-16-4-3-11-26-16/h1-2,5-10,13,16H,3-4,11-12H2,(H,21,25)/t16-/m0/s1. The summed E-state index contributed by atoms with van der Waals surface area (Å²) in [6, 6.07) is 15.0. The number of nitrogens with one attached hydrogen (secondary N) is 1. The number of benzene rings is 2. The zero-order valence-corrected chi connectivity index (χ0v) is 15.4. The second kappa shape index (κ2) is 8.32. The predicted molar refractivity (Wildman–Crippen MR) is 103 cm³/mol. The van der Waals surface area contributed by atoms with Gasteiger partial charge in [0.25, 0.3) is 5.91 Å². The van der Waals surface area contributed by atoms with Gasteiger partial charge in [0.15, 0.2) is 0 Å². The Kier molecular flexibility index (Phi) is 5.45. The van der Waals surface area contributed by atoms with Gasteiger partial charge in [0.1, 0.15) is 6.33 Å². The molecule has 0 saturated carbocycles. The molecule has 2 aromatic carbocycles. The van der Waals surface area contributed by atoms with Gasteiger partial charge in [-0.05, 0) is 59.7 Å². The van der Waals surface area contributed by atoms with Crippen molar-refractivity contribution in [2.75, 3.05) is 17.7 Å². The number of tetrazole rings is 1. The van der Waals surface area contributed by atoms with Gasteiger partial charge in [-0.25, -0.2) is 4.68 Å². The van der Waals surface area contributed by atoms with Crippen LogP contribution in [0.1, 0.15) is 23.2 Å². The molecule has 138 valence electrons. The summed E-state index contributed by atoms with van der Waals surface area (Å²) in [4.78, 5) is 13.7. The van der Waals surface area contributed by atoms with Crippen LogP contribution in [0.15, 0.2) is 59.8 Å². The van der Waals surface area contributed by atoms with Crippen molar-refractivity contribution in [1.29, 1.82) is 0 Å². The first-order chi connectivity index (χ1) is 13.3. The number of amides is 1. The minimum Gasteiger partial charge on any atom is -0.377 e. The van der Waals surface area contributed by atoms with Crippen molar-refractivity contribution in [3.63, 3.8) is 0 Å². The first kappa shape index (κ1) is 17.7. The zero-order chi connectivity index (χ0) is 18.5. The van der Waals surface area contributed by atoms with Crippen LogP contribution in [0, 0.1) is 0 Å². The maximum absolute atomic E-state index is 12.8. The highest BCUT2D eigenvalue weighted by Crippen LogP contribution is 2.27. The third-order valence-electron chi connectivity index (χ3n) is 4.32. The number of rotatable bonds is 6. The predicted octanol–water partition coefficient (Wildman–Crippen LogP) is 3.19. The molecule has 1 aliphatic heterocycles. The van der Waals surface area contributed by atoms with Gasteiger partial charge in [-0.3, -0.25) is 4.79 Å². The van der Waals surface area contributed by atoms with Crippen molar-refractivity contribution in [2.24, 2.45) is 0 Å². The summed E-state index contributed by atoms with van der Waals surface area (Å²) in [7, 11) is 0. The number of hydrogen-bond acceptors (Lipinski definition) is 6. The van der Waals surface area contributed by atoms with E-state index in [1.54, 1.807) is 16.4 Å². The Bertz CT molecular complexity index is 893. The fraction of sp³-hybridized carbons (Fsp3) is 0.263. The lowest BCUT2D eigenvalue weighted by Crippen LogP contribution is -2.14. The molecular formula is C19H19N5O2S. The topological polar surface area (TPSA) is 81.9 Å². The number of aromatic nitrogens is 4. The molecule has 3 aromatic rings. The number of carbonyl (C=O) groups is 1. The average molecular weight is 381 g/mol. The summed E-state index contributed by atoms with van der Waals surface area (Å²) in [6.07, 6.45) is 4.02. The number of hydrogen-bond donors (Lipinski definition) is 1. The van der Waals surface area contributed by atoms with Crippen LogP contribution in [0.4, 0.5) is 5.69 Å². The third-order valence-corrected chi connectivity index (χ3v) is 5.52. The molecule has 0 unspecified atom stereocenters. The first-order valence-corrected chi connectivity index (χ1v) is 9.76. The molecule has 0 bridgehead atoms. The minimum absolute atomic E-state index is 0.124. The van der Waals surface area contributed by atoms with Crippen molar-refractivity contribution in [2.45, 2.75) is 23.8 Å². The fourth-order valence-corrected chi connectivity index (χ4v) is 4.03. The number of nitrogens with zero attached hydrogens (tertiary/aromatic N) is 4. The van der Waals surface area contributed by atoms with E-state index in [1.807, 2.05) is 48.5 Å². The van der Waals surface area contributed by atoms with Gasteiger partial charge in [-0.2, -0.15) is 0 Å². The van der Waals surface area contributed by atoms with Crippen molar-refractivity contribution in [1.82, 2.24) is 20.2 Å². The van der Waals surface area contributed by atoms with E-state index < -0.39 is 0 Å². The third kappa shape index (κ3) is 4.35. The van der Waals surface area contributed by atoms with E-state index in [9.17, 15) is 4.79 Å². The Morgan fingerprint density at radius 2 is 2.07 bits per heavy atom. The van der Waals surface area contributed by atoms with Crippen LogP contribution in [0.5, 0.6) is 0 Å². The molecule has 4 rings (SSSR count). The van der Waals surface area contributed by atoms with Crippen molar-refractivity contribution >= 4 is 23.4 Å². The molecule has 1 atom stereocenters. The molecule has 1 saturated heterocycles. The molecular weight excluding hydrogens is 362 g/mol. The normalized spacial score (nSPS) is 16.4. The Hall–Kier alpha value is -2.71. The lowest BCUT2D eigenvalue weighted by molar-refractivity contribution is 0.102. The molecule has 1 fully saturated rings. The molecule has 1 N–H and O–H groups in total. The Labute approximate surface area is 161 Å². The largest absolute Gasteiger partial charge is 0.377 e. The van der Waals surface area contributed by atoms with Crippen LogP contribution in [0.3, 0.4) is 0 Å². The van der Waals surface area contributed by atoms with E-state index in [0.717, 1.165) is 41.5 Å². The van der Waals surface area contributed by atoms with E-state index in [-0.39, 0.29) is 12.0 Å². The van der Waals surface area contributed by atoms with Gasteiger partial charge in [-0.15, -0.1) is 16.9 Å². The molecule has 8 heteroatoms. The monoisotopic (exact) mass is 381 g/mol. The second-order valence-corrected chi connectivity index (χ2v) is 7.26. The van der Waals surface area contributed by atoms with Crippen molar-refractivity contribution in [3.05, 3.63) is 60.4 Å². The van der Waals surface area contributed by atoms with E-state index in [0.29, 0.717) is 5.56 Å². The van der Waals surface area contributed by atoms with Crippen LogP contribution in [-0.4, -0.2) is 44.6 Å². The number of thioether (sulfide) groups is 1. The molecule has 1 aliphatic rings. The SMILES string of the molecule is O=C(Nc1ccc(-n2cnnn2)cc1)c1ccccc1SC[C@@H]1CCCO1. The summed E-state index contributed by atoms with van der Waals surface area (Å²) in [5.41, 5.74) is 2.21. The van der Waals surface area contributed by atoms with E-state index in [4.69, 9.17) is 4.74 Å². The smallest absolute Gasteiger partial charge is 0.256 e. The molecule has 0 radical (unpaired) electrons. The van der Waals surface area contributed by atoms with Crippen LogP contribution >= 0.6 is 11.8 Å². The number of carbonyl (C=O) groups excluding carboxylic acids is 1. The second-order valence-electron chi connectivity index (χ2n) is 6.20. The van der Waals surface area contributed by atoms with Gasteiger partial charge in [-0.1, -0.05) is 12.1 Å². The summed E-state index contributed by atoms with van der Waals surface area (Å²) < 4.78 is 7.23. The van der Waals surface area contributed by atoms with Crippen LogP contribution in [0.25, 0.3) is 5.69 Å². The van der Waals surface area contributed by atoms with Gasteiger partial charge in [0.05, 0.1) is 17.4 Å². The summed E-state index contributed by atoms with van der Waals surface area (Å²) in [5.74, 6) is 0.742. The molecule has 27 heavy (non-hydrogen) atoms. The lowest BCUT2D eigenvalue weighted by Gasteiger charge is -2.12. The minimum atomic E-state index is -0.124. The maximum atomic E-state index is 12.8. The Morgan fingerprint density at radius 1 is 1.22 bits per heavy atom. The Morgan fingerprint density at radius 3 is 2.81 bits per heavy atom. The van der Waals surface area contributed by atoms with Gasteiger partial charge in [0.2, 0.25) is 0 Å². The van der Waals surface area contributed by atoms with E-state index >= 15 is 0 Å². The van der Waals surface area contributed by atoms with Crippen LogP contribution < -0.4 is 5.32 Å². The number of anilines is 1. The average Bonchev–Trinajstić information content (AvgIpc) is 3.41. The first-order valence-electron chi connectivity index (χ1n) is 8.78. The van der Waals surface area contributed by atoms with Crippen LogP contribution in [-0.2, 0) is 4.74 Å². The van der Waals surface area contributed by atoms with E-state index in [2.05, 4.69) is 20.8 Å². The zero-order valence-electron chi connectivity index (χ0n) is 14.6. The molecule has 0 spiro atoms.